The van der Waals surface area contributed by atoms with Gasteiger partial charge >= 0.3 is 0 Å². The van der Waals surface area contributed by atoms with Gasteiger partial charge in [0.25, 0.3) is 0 Å². The van der Waals surface area contributed by atoms with Gasteiger partial charge in [-0.25, -0.2) is 19.6 Å². The van der Waals surface area contributed by atoms with Crippen LogP contribution in [0.15, 0.2) is 43.1 Å². The van der Waals surface area contributed by atoms with Crippen molar-refractivity contribution in [1.29, 1.82) is 0 Å². The van der Waals surface area contributed by atoms with E-state index in [-0.39, 0.29) is 0 Å². The predicted octanol–water partition coefficient (Wildman–Crippen LogP) is 1.41. The summed E-state index contributed by atoms with van der Waals surface area (Å²) in [6.45, 7) is 3.29. The van der Waals surface area contributed by atoms with E-state index >= 15 is 0 Å². The number of fused-ring (bicyclic) bond motifs is 1. The van der Waals surface area contributed by atoms with Crippen molar-refractivity contribution in [3.05, 3.63) is 59.9 Å². The number of nitrogens with zero attached hydrogens (tertiary/aromatic N) is 7. The fourth-order valence-electron chi connectivity index (χ4n) is 2.56. The van der Waals surface area contributed by atoms with Crippen molar-refractivity contribution < 1.29 is 0 Å². The van der Waals surface area contributed by atoms with Gasteiger partial charge in [0.1, 0.15) is 17.5 Å². The zero-order valence-corrected chi connectivity index (χ0v) is 13.2. The summed E-state index contributed by atoms with van der Waals surface area (Å²) in [6, 6.07) is 8.38. The van der Waals surface area contributed by atoms with Crippen molar-refractivity contribution in [1.82, 2.24) is 34.5 Å². The third-order valence-corrected chi connectivity index (χ3v) is 3.81. The molecule has 2 N–H and O–H groups in total. The van der Waals surface area contributed by atoms with Gasteiger partial charge in [-0.15, -0.1) is 5.10 Å². The quantitative estimate of drug-likeness (QED) is 0.610. The van der Waals surface area contributed by atoms with Crippen molar-refractivity contribution in [3.63, 3.8) is 0 Å². The second-order valence-electron chi connectivity index (χ2n) is 5.70. The number of hydrogen-bond donors (Lipinski definition) is 1. The van der Waals surface area contributed by atoms with Crippen LogP contribution in [-0.4, -0.2) is 34.5 Å². The predicted molar refractivity (Wildman–Crippen MR) is 89.1 cm³/mol. The van der Waals surface area contributed by atoms with Gasteiger partial charge in [-0.05, 0) is 12.5 Å². The lowest BCUT2D eigenvalue weighted by atomic mass is 10.1. The number of rotatable bonds is 4. The number of nitrogen functional groups attached to an aromatic ring is 1. The van der Waals surface area contributed by atoms with Gasteiger partial charge in [0.05, 0.1) is 25.6 Å². The average molecular weight is 320 g/mol. The summed E-state index contributed by atoms with van der Waals surface area (Å²) in [5.74, 6) is 0.377. The number of aryl methyl sites for hydroxylation is 1. The zero-order valence-electron chi connectivity index (χ0n) is 13.2. The van der Waals surface area contributed by atoms with Gasteiger partial charge in [0.15, 0.2) is 11.5 Å². The highest BCUT2D eigenvalue weighted by molar-refractivity contribution is 5.81. The second kappa shape index (κ2) is 5.73. The topological polar surface area (TPSA) is 100 Å². The Labute approximate surface area is 138 Å². The molecule has 4 aromatic rings. The molecule has 120 valence electrons. The highest BCUT2D eigenvalue weighted by atomic mass is 15.4. The molecular formula is C16H16N8. The fraction of sp³-hybridized carbons (Fsp3) is 0.188. The molecule has 0 amide bonds. The molecule has 0 saturated carbocycles. The maximum absolute atomic E-state index is 5.80. The van der Waals surface area contributed by atoms with Gasteiger partial charge in [-0.1, -0.05) is 35.0 Å². The Morgan fingerprint density at radius 2 is 1.88 bits per heavy atom. The van der Waals surface area contributed by atoms with E-state index in [0.717, 1.165) is 5.69 Å². The van der Waals surface area contributed by atoms with Crippen LogP contribution in [0.4, 0.5) is 5.82 Å². The van der Waals surface area contributed by atoms with Crippen molar-refractivity contribution in [3.8, 4) is 0 Å². The Hall–Kier alpha value is -3.29. The van der Waals surface area contributed by atoms with Gasteiger partial charge in [0.2, 0.25) is 0 Å². The Kier molecular flexibility index (Phi) is 3.42. The van der Waals surface area contributed by atoms with Gasteiger partial charge in [-0.3, -0.25) is 0 Å². The molecule has 0 radical (unpaired) electrons. The molecule has 0 aliphatic rings. The number of anilines is 1. The van der Waals surface area contributed by atoms with Gasteiger partial charge in [-0.2, -0.15) is 0 Å². The molecule has 3 aromatic heterocycles. The van der Waals surface area contributed by atoms with Crippen LogP contribution in [0.25, 0.3) is 11.2 Å². The summed E-state index contributed by atoms with van der Waals surface area (Å²) < 4.78 is 3.70. The molecule has 8 heteroatoms. The smallest absolute Gasteiger partial charge is 0.165 e. The van der Waals surface area contributed by atoms with E-state index in [1.807, 2.05) is 15.4 Å². The summed E-state index contributed by atoms with van der Waals surface area (Å²) in [7, 11) is 0. The summed E-state index contributed by atoms with van der Waals surface area (Å²) in [5, 5.41) is 8.41. The van der Waals surface area contributed by atoms with E-state index in [4.69, 9.17) is 5.73 Å². The number of hydrogen-bond acceptors (Lipinski definition) is 6. The largest absolute Gasteiger partial charge is 0.382 e. The van der Waals surface area contributed by atoms with Crippen LogP contribution in [-0.2, 0) is 13.1 Å². The Bertz CT molecular complexity index is 983. The summed E-state index contributed by atoms with van der Waals surface area (Å²) in [6.07, 6.45) is 5.05. The maximum Gasteiger partial charge on any atom is 0.165 e. The van der Waals surface area contributed by atoms with E-state index in [1.165, 1.54) is 17.5 Å². The van der Waals surface area contributed by atoms with Gasteiger partial charge < -0.3 is 10.3 Å². The molecule has 8 nitrogen and oxygen atoms in total. The highest BCUT2D eigenvalue weighted by Gasteiger charge is 2.10. The number of benzene rings is 1. The second-order valence-corrected chi connectivity index (χ2v) is 5.70. The van der Waals surface area contributed by atoms with E-state index in [1.54, 1.807) is 6.33 Å². The van der Waals surface area contributed by atoms with E-state index < -0.39 is 0 Å². The lowest BCUT2D eigenvalue weighted by Gasteiger charge is -2.01. The Balaban J connectivity index is 1.54. The Morgan fingerprint density at radius 1 is 1.04 bits per heavy atom. The number of nitrogens with two attached hydrogens (primary N) is 1. The fourth-order valence-corrected chi connectivity index (χ4v) is 2.56. The third-order valence-electron chi connectivity index (χ3n) is 3.81. The lowest BCUT2D eigenvalue weighted by Crippen LogP contribution is -2.01. The highest BCUT2D eigenvalue weighted by Crippen LogP contribution is 2.15. The molecule has 1 aromatic carbocycles. The maximum atomic E-state index is 5.80. The first-order valence-electron chi connectivity index (χ1n) is 7.55. The van der Waals surface area contributed by atoms with Crippen LogP contribution in [0.1, 0.15) is 16.8 Å². The third kappa shape index (κ3) is 2.69. The molecule has 24 heavy (non-hydrogen) atoms. The molecule has 0 aliphatic heterocycles. The molecule has 0 spiro atoms. The van der Waals surface area contributed by atoms with E-state index in [0.29, 0.717) is 30.1 Å². The standard InChI is InChI=1S/C16H16N8/c1-11-2-4-12(5-3-11)6-24-8-13(21-22-24)7-23-10-20-14-15(17)18-9-19-16(14)23/h2-5,8-10H,6-7H2,1H3,(H2,17,18,19). The minimum absolute atomic E-state index is 0.377. The van der Waals surface area contributed by atoms with E-state index in [2.05, 4.69) is 56.5 Å². The van der Waals surface area contributed by atoms with Crippen molar-refractivity contribution in [2.45, 2.75) is 20.0 Å². The van der Waals surface area contributed by atoms with Crippen LogP contribution in [0.5, 0.6) is 0 Å². The first-order valence-corrected chi connectivity index (χ1v) is 7.55. The molecule has 0 unspecified atom stereocenters. The molecular weight excluding hydrogens is 304 g/mol. The van der Waals surface area contributed by atoms with Gasteiger partial charge in [0, 0.05) is 0 Å². The SMILES string of the molecule is Cc1ccc(Cn2cc(Cn3cnc4c(N)ncnc43)nn2)cc1. The number of aromatic nitrogens is 7. The molecule has 4 rings (SSSR count). The Morgan fingerprint density at radius 3 is 2.71 bits per heavy atom. The monoisotopic (exact) mass is 320 g/mol. The van der Waals surface area contributed by atoms with E-state index in [9.17, 15) is 0 Å². The molecule has 0 atom stereocenters. The normalized spacial score (nSPS) is 11.2. The molecule has 0 aliphatic carbocycles. The summed E-state index contributed by atoms with van der Waals surface area (Å²) in [4.78, 5) is 12.4. The molecule has 3 heterocycles. The van der Waals surface area contributed by atoms with Crippen molar-refractivity contribution >= 4 is 17.0 Å². The van der Waals surface area contributed by atoms with Crippen LogP contribution in [0.3, 0.4) is 0 Å². The van der Waals surface area contributed by atoms with Crippen LogP contribution in [0, 0.1) is 6.92 Å². The number of imidazole rings is 1. The molecule has 0 fully saturated rings. The molecule has 0 bridgehead atoms. The van der Waals surface area contributed by atoms with Crippen LogP contribution in [0.2, 0.25) is 0 Å². The summed E-state index contributed by atoms with van der Waals surface area (Å²) >= 11 is 0. The van der Waals surface area contributed by atoms with Crippen molar-refractivity contribution in [2.24, 2.45) is 0 Å². The first kappa shape index (κ1) is 14.3. The average Bonchev–Trinajstić information content (AvgIpc) is 3.19. The van der Waals surface area contributed by atoms with Crippen molar-refractivity contribution in [2.75, 3.05) is 5.73 Å². The lowest BCUT2D eigenvalue weighted by molar-refractivity contribution is 0.648. The minimum Gasteiger partial charge on any atom is -0.382 e. The zero-order chi connectivity index (χ0) is 16.5. The minimum atomic E-state index is 0.377. The van der Waals surface area contributed by atoms with Crippen LogP contribution >= 0.6 is 0 Å². The molecule has 0 saturated heterocycles. The van der Waals surface area contributed by atoms with Crippen LogP contribution < -0.4 is 5.73 Å². The first-order chi connectivity index (χ1) is 11.7. The summed E-state index contributed by atoms with van der Waals surface area (Å²) in [5.41, 5.74) is 10.4.